The van der Waals surface area contributed by atoms with Gasteiger partial charge in [0.05, 0.1) is 22.8 Å². The number of nitrogens with zero attached hydrogens (tertiary/aromatic N) is 2. The quantitative estimate of drug-likeness (QED) is 0.308. The molecule has 3 N–H and O–H groups in total. The number of aliphatic imine (C=N–C) groups is 2. The van der Waals surface area contributed by atoms with Crippen LogP contribution in [0.25, 0.3) is 10.8 Å². The van der Waals surface area contributed by atoms with E-state index in [0.29, 0.717) is 5.70 Å². The minimum Gasteiger partial charge on any atom is -0.399 e. The fourth-order valence-corrected chi connectivity index (χ4v) is 4.21. The van der Waals surface area contributed by atoms with Crippen LogP contribution in [0.2, 0.25) is 0 Å². The van der Waals surface area contributed by atoms with E-state index in [-0.39, 0.29) is 0 Å². The summed E-state index contributed by atoms with van der Waals surface area (Å²) in [6.45, 7) is 6.29. The van der Waals surface area contributed by atoms with Crippen LogP contribution in [0.15, 0.2) is 113 Å². The van der Waals surface area contributed by atoms with Crippen molar-refractivity contribution >= 4 is 44.9 Å². The van der Waals surface area contributed by atoms with Gasteiger partial charge in [0.25, 0.3) is 0 Å². The normalized spacial score (nSPS) is 15.6. The Balaban J connectivity index is 1.62. The van der Waals surface area contributed by atoms with E-state index < -0.39 is 0 Å². The van der Waals surface area contributed by atoms with Crippen molar-refractivity contribution in [2.24, 2.45) is 15.7 Å². The van der Waals surface area contributed by atoms with Gasteiger partial charge in [0, 0.05) is 27.8 Å². The predicted octanol–water partition coefficient (Wildman–Crippen LogP) is 7.77. The lowest BCUT2D eigenvalue weighted by Gasteiger charge is -2.15. The Morgan fingerprint density at radius 1 is 0.657 bits per heavy atom. The summed E-state index contributed by atoms with van der Waals surface area (Å²) in [6.07, 6.45) is 5.71. The van der Waals surface area contributed by atoms with Gasteiger partial charge >= 0.3 is 0 Å². The van der Waals surface area contributed by atoms with Crippen LogP contribution in [-0.2, 0) is 0 Å². The third kappa shape index (κ3) is 4.78. The summed E-state index contributed by atoms with van der Waals surface area (Å²) in [6, 6.07) is 26.9. The molecule has 172 valence electrons. The minimum atomic E-state index is 0.663. The molecule has 0 amide bonds. The van der Waals surface area contributed by atoms with Gasteiger partial charge in [-0.05, 0) is 86.0 Å². The molecule has 4 aromatic rings. The van der Waals surface area contributed by atoms with E-state index in [0.717, 1.165) is 50.5 Å². The van der Waals surface area contributed by atoms with Gasteiger partial charge in [-0.25, -0.2) is 9.98 Å². The summed E-state index contributed by atoms with van der Waals surface area (Å²) in [5, 5.41) is 5.76. The Kier molecular flexibility index (Phi) is 6.02. The van der Waals surface area contributed by atoms with Crippen LogP contribution < -0.4 is 11.1 Å². The van der Waals surface area contributed by atoms with Gasteiger partial charge in [-0.1, -0.05) is 48.5 Å². The number of nitrogens with two attached hydrogens (primary N) is 1. The van der Waals surface area contributed by atoms with Crippen molar-refractivity contribution in [1.29, 1.82) is 0 Å². The molecule has 0 atom stereocenters. The summed E-state index contributed by atoms with van der Waals surface area (Å²) in [5.74, 6) is 0. The van der Waals surface area contributed by atoms with Crippen molar-refractivity contribution in [3.05, 3.63) is 119 Å². The van der Waals surface area contributed by atoms with Crippen LogP contribution in [0.3, 0.4) is 0 Å². The Hall–Kier alpha value is -4.44. The fourth-order valence-electron chi connectivity index (χ4n) is 4.21. The van der Waals surface area contributed by atoms with Crippen molar-refractivity contribution < 1.29 is 0 Å². The van der Waals surface area contributed by atoms with Crippen LogP contribution in [-0.4, -0.2) is 11.4 Å². The van der Waals surface area contributed by atoms with E-state index in [1.54, 1.807) is 0 Å². The molecule has 1 aliphatic rings. The molecule has 4 heteroatoms. The number of hydrogen-bond donors (Lipinski definition) is 2. The molecule has 0 unspecified atom stereocenters. The highest BCUT2D eigenvalue weighted by Gasteiger charge is 2.14. The first-order chi connectivity index (χ1) is 17.0. The predicted molar refractivity (Wildman–Crippen MR) is 150 cm³/mol. The number of para-hydroxylation sites is 1. The summed E-state index contributed by atoms with van der Waals surface area (Å²) < 4.78 is 0. The topological polar surface area (TPSA) is 62.8 Å². The average Bonchev–Trinajstić information content (AvgIpc) is 2.86. The SMILES string of the molecule is Cc1ccc(/N=C2\C=C(N)C=C\C2=N\c2c(C)cc(Nc3ccccc3)c3ccccc23)cc1C. The molecule has 0 saturated heterocycles. The van der Waals surface area contributed by atoms with E-state index in [1.807, 2.05) is 42.5 Å². The van der Waals surface area contributed by atoms with Crippen LogP contribution in [0.1, 0.15) is 16.7 Å². The maximum atomic E-state index is 6.13. The standard InChI is InChI=1S/C31H28N4/c1-20-13-15-25(17-21(20)2)34-30-19-23(32)14-16-28(30)35-31-22(3)18-29(26-11-7-8-12-27(26)31)33-24-9-5-4-6-10-24/h4-19,33H,32H2,1-3H3/b34-30+,35-28-. The van der Waals surface area contributed by atoms with Crippen molar-refractivity contribution in [3.63, 3.8) is 0 Å². The zero-order valence-electron chi connectivity index (χ0n) is 20.2. The minimum absolute atomic E-state index is 0.663. The van der Waals surface area contributed by atoms with E-state index in [1.165, 1.54) is 11.1 Å². The Morgan fingerprint density at radius 3 is 2.17 bits per heavy atom. The molecule has 0 aromatic heterocycles. The molecule has 5 rings (SSSR count). The number of fused-ring (bicyclic) bond motifs is 1. The number of anilines is 2. The fraction of sp³-hybridized carbons (Fsp3) is 0.0968. The molecule has 4 aromatic carbocycles. The molecule has 0 saturated carbocycles. The Bertz CT molecular complexity index is 1540. The summed E-state index contributed by atoms with van der Waals surface area (Å²) in [5.41, 5.74) is 15.8. The van der Waals surface area contributed by atoms with Gasteiger partial charge in [-0.2, -0.15) is 0 Å². The van der Waals surface area contributed by atoms with Gasteiger partial charge in [0.15, 0.2) is 0 Å². The van der Waals surface area contributed by atoms with Gasteiger partial charge in [-0.15, -0.1) is 0 Å². The second kappa shape index (κ2) is 9.43. The first kappa shape index (κ1) is 22.4. The van der Waals surface area contributed by atoms with Crippen molar-refractivity contribution in [2.45, 2.75) is 20.8 Å². The van der Waals surface area contributed by atoms with Gasteiger partial charge in [0.2, 0.25) is 0 Å². The van der Waals surface area contributed by atoms with Gasteiger partial charge < -0.3 is 11.1 Å². The number of aryl methyl sites for hydroxylation is 3. The van der Waals surface area contributed by atoms with E-state index in [2.05, 4.69) is 80.7 Å². The van der Waals surface area contributed by atoms with Crippen molar-refractivity contribution in [2.75, 3.05) is 5.32 Å². The number of hydrogen-bond acceptors (Lipinski definition) is 4. The third-order valence-corrected chi connectivity index (χ3v) is 6.23. The molecule has 0 heterocycles. The second-order valence-electron chi connectivity index (χ2n) is 8.87. The maximum Gasteiger partial charge on any atom is 0.0914 e. The largest absolute Gasteiger partial charge is 0.399 e. The van der Waals surface area contributed by atoms with E-state index >= 15 is 0 Å². The summed E-state index contributed by atoms with van der Waals surface area (Å²) in [7, 11) is 0. The van der Waals surface area contributed by atoms with E-state index in [9.17, 15) is 0 Å². The van der Waals surface area contributed by atoms with Gasteiger partial charge in [-0.3, -0.25) is 0 Å². The molecule has 4 nitrogen and oxygen atoms in total. The first-order valence-corrected chi connectivity index (χ1v) is 11.7. The molecule has 35 heavy (non-hydrogen) atoms. The van der Waals surface area contributed by atoms with E-state index in [4.69, 9.17) is 15.7 Å². The van der Waals surface area contributed by atoms with Crippen LogP contribution in [0.5, 0.6) is 0 Å². The smallest absolute Gasteiger partial charge is 0.0914 e. The molecule has 0 aliphatic heterocycles. The second-order valence-corrected chi connectivity index (χ2v) is 8.87. The third-order valence-electron chi connectivity index (χ3n) is 6.23. The van der Waals surface area contributed by atoms with Crippen LogP contribution in [0.4, 0.5) is 22.7 Å². The number of allylic oxidation sites excluding steroid dienone is 3. The molecule has 0 radical (unpaired) electrons. The Labute approximate surface area is 206 Å². The average molecular weight is 457 g/mol. The molecule has 0 fully saturated rings. The summed E-state index contributed by atoms with van der Waals surface area (Å²) in [4.78, 5) is 10.0. The highest BCUT2D eigenvalue weighted by molar-refractivity contribution is 6.52. The highest BCUT2D eigenvalue weighted by Crippen LogP contribution is 2.37. The van der Waals surface area contributed by atoms with Gasteiger partial charge in [0.1, 0.15) is 0 Å². The first-order valence-electron chi connectivity index (χ1n) is 11.7. The molecular weight excluding hydrogens is 428 g/mol. The number of rotatable bonds is 4. The van der Waals surface area contributed by atoms with Crippen molar-refractivity contribution in [3.8, 4) is 0 Å². The lowest BCUT2D eigenvalue weighted by atomic mass is 10.0. The van der Waals surface area contributed by atoms with Crippen LogP contribution >= 0.6 is 0 Å². The van der Waals surface area contributed by atoms with Crippen LogP contribution in [0, 0.1) is 20.8 Å². The number of nitrogens with one attached hydrogen (secondary N) is 1. The monoisotopic (exact) mass is 456 g/mol. The zero-order chi connectivity index (χ0) is 24.4. The number of benzene rings is 4. The molecule has 1 aliphatic carbocycles. The highest BCUT2D eigenvalue weighted by atomic mass is 14.9. The Morgan fingerprint density at radius 2 is 1.40 bits per heavy atom. The van der Waals surface area contributed by atoms with Crippen molar-refractivity contribution in [1.82, 2.24) is 0 Å². The molecule has 0 bridgehead atoms. The lowest BCUT2D eigenvalue weighted by Crippen LogP contribution is -2.15. The molecule has 0 spiro atoms. The summed E-state index contributed by atoms with van der Waals surface area (Å²) >= 11 is 0. The zero-order valence-corrected chi connectivity index (χ0v) is 20.2. The molecular formula is C31H28N4. The lowest BCUT2D eigenvalue weighted by molar-refractivity contribution is 1.32. The maximum absolute atomic E-state index is 6.13.